The van der Waals surface area contributed by atoms with Crippen LogP contribution in [0, 0.1) is 0 Å². The van der Waals surface area contributed by atoms with Crippen molar-refractivity contribution in [3.05, 3.63) is 36.9 Å². The fourth-order valence-electron chi connectivity index (χ4n) is 2.05. The van der Waals surface area contributed by atoms with Crippen LogP contribution < -0.4 is 5.32 Å². The number of para-hydroxylation sites is 1. The topological polar surface area (TPSA) is 61.9 Å². The number of aromatic nitrogens is 1. The van der Waals surface area contributed by atoms with Crippen LogP contribution in [0.4, 0.5) is 5.69 Å². The molecule has 6 heteroatoms. The Balaban J connectivity index is 2.39. The minimum Gasteiger partial charge on any atom is -0.493 e. The molecule has 0 atom stereocenters. The third-order valence-electron chi connectivity index (χ3n) is 3.00. The normalized spacial score (nSPS) is 11.1. The van der Waals surface area contributed by atoms with Gasteiger partial charge in [-0.25, -0.2) is 0 Å². The summed E-state index contributed by atoms with van der Waals surface area (Å²) in [6.45, 7) is 7.00. The Morgan fingerprint density at radius 3 is 2.95 bits per heavy atom. The van der Waals surface area contributed by atoms with Gasteiger partial charge in [0, 0.05) is 18.5 Å². The molecule has 21 heavy (non-hydrogen) atoms. The van der Waals surface area contributed by atoms with Crippen LogP contribution >= 0.6 is 12.2 Å². The molecule has 0 aliphatic heterocycles. The van der Waals surface area contributed by atoms with E-state index in [2.05, 4.69) is 22.1 Å². The molecule has 0 amide bonds. The molecule has 0 saturated heterocycles. The summed E-state index contributed by atoms with van der Waals surface area (Å²) < 4.78 is 1.74. The zero-order valence-electron chi connectivity index (χ0n) is 11.9. The number of nitrogens with zero attached hydrogens (tertiary/aromatic N) is 3. The number of thiocarbonyl (C=S) groups is 1. The van der Waals surface area contributed by atoms with Gasteiger partial charge in [-0.05, 0) is 24.7 Å². The van der Waals surface area contributed by atoms with E-state index in [0.29, 0.717) is 17.3 Å². The van der Waals surface area contributed by atoms with Crippen LogP contribution in [-0.4, -0.2) is 21.3 Å². The average molecular weight is 302 g/mol. The van der Waals surface area contributed by atoms with Gasteiger partial charge in [0.15, 0.2) is 5.69 Å². The molecule has 0 radical (unpaired) electrons. The second-order valence-electron chi connectivity index (χ2n) is 4.52. The lowest BCUT2D eigenvalue weighted by Crippen LogP contribution is -2.19. The van der Waals surface area contributed by atoms with Crippen LogP contribution in [0.25, 0.3) is 10.9 Å². The molecule has 1 aromatic heterocycles. The van der Waals surface area contributed by atoms with Crippen molar-refractivity contribution < 1.29 is 5.11 Å². The lowest BCUT2D eigenvalue weighted by atomic mass is 10.2. The van der Waals surface area contributed by atoms with Crippen molar-refractivity contribution in [3.63, 3.8) is 0 Å². The first kappa shape index (κ1) is 15.2. The maximum absolute atomic E-state index is 10.3. The number of fused-ring (bicyclic) bond motifs is 1. The average Bonchev–Trinajstić information content (AvgIpc) is 2.76. The first-order chi connectivity index (χ1) is 10.2. The molecular formula is C15H18N4OS. The Hall–Kier alpha value is -2.21. The number of nitrogens with one attached hydrogen (secondary N) is 1. The third-order valence-corrected chi connectivity index (χ3v) is 3.22. The van der Waals surface area contributed by atoms with Crippen LogP contribution in [-0.2, 0) is 6.54 Å². The Kier molecular flexibility index (Phi) is 5.05. The summed E-state index contributed by atoms with van der Waals surface area (Å²) in [6.07, 6.45) is 2.68. The van der Waals surface area contributed by atoms with E-state index in [-0.39, 0.29) is 5.88 Å². The van der Waals surface area contributed by atoms with E-state index in [9.17, 15) is 5.11 Å². The zero-order chi connectivity index (χ0) is 15.2. The van der Waals surface area contributed by atoms with Crippen LogP contribution in [0.1, 0.15) is 13.3 Å². The number of benzene rings is 1. The van der Waals surface area contributed by atoms with Gasteiger partial charge in [-0.1, -0.05) is 31.2 Å². The largest absolute Gasteiger partial charge is 0.493 e. The number of hydrogen-bond acceptors (Lipinski definition) is 3. The highest BCUT2D eigenvalue weighted by molar-refractivity contribution is 7.80. The fourth-order valence-corrected chi connectivity index (χ4v) is 2.19. The van der Waals surface area contributed by atoms with Gasteiger partial charge >= 0.3 is 0 Å². The Morgan fingerprint density at radius 2 is 2.24 bits per heavy atom. The van der Waals surface area contributed by atoms with Crippen LogP contribution in [0.15, 0.2) is 47.1 Å². The van der Waals surface area contributed by atoms with E-state index in [1.54, 1.807) is 10.6 Å². The van der Waals surface area contributed by atoms with E-state index in [0.717, 1.165) is 23.9 Å². The predicted octanol–water partition coefficient (Wildman–Crippen LogP) is 3.90. The summed E-state index contributed by atoms with van der Waals surface area (Å²) in [4.78, 5) is 0. The van der Waals surface area contributed by atoms with Gasteiger partial charge in [0.25, 0.3) is 0 Å². The standard InChI is InChI=1S/C15H18N4OS/c1-3-9-16-15(21)18-17-13-11-7-5-6-8-12(11)19(10-4-2)14(13)20/h4-8,20H,2-3,9-10H2,1H3,(H,16,21). The molecular weight excluding hydrogens is 284 g/mol. The Labute approximate surface area is 129 Å². The van der Waals surface area contributed by atoms with Crippen molar-refractivity contribution in [3.8, 4) is 5.88 Å². The molecule has 2 aromatic rings. The van der Waals surface area contributed by atoms with E-state index in [1.807, 2.05) is 31.2 Å². The van der Waals surface area contributed by atoms with Gasteiger partial charge in [-0.3, -0.25) is 0 Å². The predicted molar refractivity (Wildman–Crippen MR) is 89.2 cm³/mol. The van der Waals surface area contributed by atoms with Gasteiger partial charge in [-0.15, -0.1) is 16.8 Å². The summed E-state index contributed by atoms with van der Waals surface area (Å²) in [5.41, 5.74) is 1.31. The summed E-state index contributed by atoms with van der Waals surface area (Å²) >= 11 is 5.07. The summed E-state index contributed by atoms with van der Waals surface area (Å²) in [5.74, 6) is 0.0677. The van der Waals surface area contributed by atoms with E-state index >= 15 is 0 Å². The molecule has 2 N–H and O–H groups in total. The summed E-state index contributed by atoms with van der Waals surface area (Å²) in [5, 5.41) is 22.5. The first-order valence-corrected chi connectivity index (χ1v) is 7.20. The number of rotatable bonds is 5. The van der Waals surface area contributed by atoms with E-state index in [4.69, 9.17) is 12.2 Å². The minimum absolute atomic E-state index is 0.0677. The Morgan fingerprint density at radius 1 is 1.48 bits per heavy atom. The van der Waals surface area contributed by atoms with E-state index < -0.39 is 0 Å². The van der Waals surface area contributed by atoms with Crippen molar-refractivity contribution in [2.24, 2.45) is 10.2 Å². The second kappa shape index (κ2) is 6.99. The number of allylic oxidation sites excluding steroid dienone is 1. The van der Waals surface area contributed by atoms with Gasteiger partial charge < -0.3 is 15.0 Å². The highest BCUT2D eigenvalue weighted by atomic mass is 32.1. The smallest absolute Gasteiger partial charge is 0.221 e. The quantitative estimate of drug-likeness (QED) is 0.500. The number of azo groups is 1. The molecule has 1 aromatic carbocycles. The summed E-state index contributed by atoms with van der Waals surface area (Å²) in [6, 6.07) is 7.62. The van der Waals surface area contributed by atoms with Crippen LogP contribution in [0.2, 0.25) is 0 Å². The van der Waals surface area contributed by atoms with Crippen LogP contribution in [0.5, 0.6) is 5.88 Å². The maximum Gasteiger partial charge on any atom is 0.221 e. The minimum atomic E-state index is 0.0677. The fraction of sp³-hybridized carbons (Fsp3) is 0.267. The third kappa shape index (κ3) is 3.28. The second-order valence-corrected chi connectivity index (χ2v) is 4.91. The van der Waals surface area contributed by atoms with Crippen molar-refractivity contribution in [2.45, 2.75) is 19.9 Å². The van der Waals surface area contributed by atoms with Crippen molar-refractivity contribution in [1.29, 1.82) is 0 Å². The molecule has 0 aliphatic rings. The van der Waals surface area contributed by atoms with Crippen molar-refractivity contribution in [2.75, 3.05) is 6.54 Å². The molecule has 0 aliphatic carbocycles. The highest BCUT2D eigenvalue weighted by Crippen LogP contribution is 2.38. The first-order valence-electron chi connectivity index (χ1n) is 6.79. The molecule has 0 fully saturated rings. The molecule has 0 bridgehead atoms. The van der Waals surface area contributed by atoms with E-state index in [1.165, 1.54) is 0 Å². The lowest BCUT2D eigenvalue weighted by molar-refractivity contribution is 0.431. The van der Waals surface area contributed by atoms with Gasteiger partial charge in [-0.2, -0.15) is 0 Å². The van der Waals surface area contributed by atoms with Gasteiger partial charge in [0.05, 0.1) is 5.52 Å². The monoisotopic (exact) mass is 302 g/mol. The molecule has 0 spiro atoms. The van der Waals surface area contributed by atoms with Crippen molar-refractivity contribution in [1.82, 2.24) is 9.88 Å². The highest BCUT2D eigenvalue weighted by Gasteiger charge is 2.15. The van der Waals surface area contributed by atoms with Gasteiger partial charge in [0.2, 0.25) is 11.0 Å². The Bertz CT molecular complexity index is 690. The molecule has 110 valence electrons. The molecule has 5 nitrogen and oxygen atoms in total. The van der Waals surface area contributed by atoms with Crippen LogP contribution in [0.3, 0.4) is 0 Å². The molecule has 0 saturated carbocycles. The SMILES string of the molecule is C=CCn1c(O)c(N=NC(=S)NCCC)c2ccccc21. The van der Waals surface area contributed by atoms with Gasteiger partial charge in [0.1, 0.15) is 0 Å². The number of hydrogen-bond donors (Lipinski definition) is 2. The molecule has 0 unspecified atom stereocenters. The maximum atomic E-state index is 10.3. The lowest BCUT2D eigenvalue weighted by Gasteiger charge is -2.02. The summed E-state index contributed by atoms with van der Waals surface area (Å²) in [7, 11) is 0. The molecule has 2 rings (SSSR count). The zero-order valence-corrected chi connectivity index (χ0v) is 12.7. The van der Waals surface area contributed by atoms with Crippen molar-refractivity contribution >= 4 is 33.9 Å². The number of aromatic hydroxyl groups is 1. The molecule has 1 heterocycles.